The molecule has 4 heteroatoms. The average Bonchev–Trinajstić information content (AvgIpc) is 2.14. The minimum Gasteiger partial charge on any atom is -0.291 e. The van der Waals surface area contributed by atoms with Crippen molar-refractivity contribution in [3.63, 3.8) is 0 Å². The highest BCUT2D eigenvalue weighted by atomic mass is 15.2. The van der Waals surface area contributed by atoms with Gasteiger partial charge in [0.15, 0.2) is 0 Å². The van der Waals surface area contributed by atoms with E-state index in [9.17, 15) is 0 Å². The van der Waals surface area contributed by atoms with Gasteiger partial charge in [0, 0.05) is 0 Å². The smallest absolute Gasteiger partial charge is 0.124 e. The second kappa shape index (κ2) is 1.51. The van der Waals surface area contributed by atoms with E-state index in [1.165, 1.54) is 17.2 Å². The number of hydrogen-bond donors (Lipinski definition) is 1. The first-order valence-corrected chi connectivity index (χ1v) is 1.78. The highest BCUT2D eigenvalue weighted by Gasteiger charge is 1.76. The standard InChI is InChI=1S/C3H4N4/c4-1-7-2-5-6-3-7/h1-4H. The van der Waals surface area contributed by atoms with Crippen LogP contribution >= 0.6 is 0 Å². The van der Waals surface area contributed by atoms with Crippen molar-refractivity contribution in [1.82, 2.24) is 14.8 Å². The Morgan fingerprint density at radius 3 is 2.29 bits per heavy atom. The molecule has 36 valence electrons. The summed E-state index contributed by atoms with van der Waals surface area (Å²) in [6.07, 6.45) is 4.03. The molecule has 0 aliphatic heterocycles. The lowest BCUT2D eigenvalue weighted by Gasteiger charge is -1.76. The predicted molar refractivity (Wildman–Crippen MR) is 24.2 cm³/mol. The van der Waals surface area contributed by atoms with Crippen molar-refractivity contribution in [3.05, 3.63) is 12.7 Å². The molecule has 0 radical (unpaired) electrons. The molecule has 1 aromatic rings. The van der Waals surface area contributed by atoms with Gasteiger partial charge < -0.3 is 0 Å². The Kier molecular flexibility index (Phi) is 0.856. The molecular formula is C3H4N4. The fourth-order valence-electron chi connectivity index (χ4n) is 0.275. The Bertz CT molecular complexity index is 142. The molecule has 7 heavy (non-hydrogen) atoms. The molecule has 0 saturated carbocycles. The van der Waals surface area contributed by atoms with Gasteiger partial charge in [-0.2, -0.15) is 0 Å². The molecule has 0 aliphatic carbocycles. The first kappa shape index (κ1) is 3.98. The lowest BCUT2D eigenvalue weighted by atomic mass is 11.1. The van der Waals surface area contributed by atoms with Gasteiger partial charge in [-0.15, -0.1) is 10.2 Å². The van der Waals surface area contributed by atoms with Gasteiger partial charge in [0.05, 0.1) is 6.34 Å². The zero-order valence-corrected chi connectivity index (χ0v) is 3.57. The normalized spacial score (nSPS) is 8.57. The Morgan fingerprint density at radius 1 is 1.43 bits per heavy atom. The van der Waals surface area contributed by atoms with Gasteiger partial charge in [-0.1, -0.05) is 0 Å². The maximum atomic E-state index is 6.62. The SMILES string of the molecule is N=Cn1cnnc1. The summed E-state index contributed by atoms with van der Waals surface area (Å²) in [6.45, 7) is 0. The number of rotatable bonds is 1. The number of aromatic nitrogens is 3. The van der Waals surface area contributed by atoms with Gasteiger partial charge in [0.25, 0.3) is 0 Å². The quantitative estimate of drug-likeness (QED) is 0.386. The van der Waals surface area contributed by atoms with Crippen LogP contribution in [0.5, 0.6) is 0 Å². The molecule has 4 nitrogen and oxygen atoms in total. The van der Waals surface area contributed by atoms with E-state index in [-0.39, 0.29) is 0 Å². The Morgan fingerprint density at radius 2 is 2.00 bits per heavy atom. The van der Waals surface area contributed by atoms with E-state index >= 15 is 0 Å². The molecule has 0 aromatic carbocycles. The van der Waals surface area contributed by atoms with Crippen molar-refractivity contribution in [2.75, 3.05) is 0 Å². The van der Waals surface area contributed by atoms with Crippen LogP contribution in [0.4, 0.5) is 0 Å². The van der Waals surface area contributed by atoms with Gasteiger partial charge in [-0.25, -0.2) is 0 Å². The van der Waals surface area contributed by atoms with Gasteiger partial charge in [-0.05, 0) is 0 Å². The van der Waals surface area contributed by atoms with Crippen LogP contribution in [0, 0.1) is 5.41 Å². The van der Waals surface area contributed by atoms with E-state index in [2.05, 4.69) is 10.2 Å². The summed E-state index contributed by atoms with van der Waals surface area (Å²) in [5, 5.41) is 13.5. The van der Waals surface area contributed by atoms with Crippen molar-refractivity contribution in [2.45, 2.75) is 0 Å². The summed E-state index contributed by atoms with van der Waals surface area (Å²) in [5.74, 6) is 0. The van der Waals surface area contributed by atoms with Crippen molar-refractivity contribution in [2.24, 2.45) is 0 Å². The van der Waals surface area contributed by atoms with E-state index < -0.39 is 0 Å². The Hall–Kier alpha value is -1.19. The van der Waals surface area contributed by atoms with Crippen LogP contribution in [-0.2, 0) is 0 Å². The largest absolute Gasteiger partial charge is 0.291 e. The van der Waals surface area contributed by atoms with Crippen molar-refractivity contribution in [3.8, 4) is 0 Å². The molecule has 0 amide bonds. The van der Waals surface area contributed by atoms with E-state index in [0.29, 0.717) is 0 Å². The molecule has 0 fully saturated rings. The molecule has 0 atom stereocenters. The second-order valence-corrected chi connectivity index (χ2v) is 1.04. The molecule has 1 heterocycles. The molecule has 0 saturated heterocycles. The van der Waals surface area contributed by atoms with Crippen molar-refractivity contribution < 1.29 is 0 Å². The number of nitrogens with one attached hydrogen (secondary N) is 1. The number of nitrogens with zero attached hydrogens (tertiary/aromatic N) is 3. The summed E-state index contributed by atoms with van der Waals surface area (Å²) in [4.78, 5) is 0. The Balaban J connectivity index is 2.96. The summed E-state index contributed by atoms with van der Waals surface area (Å²) in [7, 11) is 0. The maximum absolute atomic E-state index is 6.62. The average molecular weight is 96.1 g/mol. The van der Waals surface area contributed by atoms with E-state index in [0.717, 1.165) is 6.34 Å². The maximum Gasteiger partial charge on any atom is 0.124 e. The summed E-state index contributed by atoms with van der Waals surface area (Å²) >= 11 is 0. The van der Waals surface area contributed by atoms with Crippen LogP contribution in [0.1, 0.15) is 0 Å². The zero-order chi connectivity index (χ0) is 5.11. The predicted octanol–water partition coefficient (Wildman–Crippen LogP) is -0.267. The number of hydrogen-bond acceptors (Lipinski definition) is 3. The molecule has 0 spiro atoms. The summed E-state index contributed by atoms with van der Waals surface area (Å²) in [6, 6.07) is 0. The molecular weight excluding hydrogens is 92.1 g/mol. The Labute approximate surface area is 40.3 Å². The monoisotopic (exact) mass is 96.0 g/mol. The first-order chi connectivity index (χ1) is 3.43. The lowest BCUT2D eigenvalue weighted by Crippen LogP contribution is -1.85. The van der Waals surface area contributed by atoms with E-state index in [1.807, 2.05) is 0 Å². The van der Waals surface area contributed by atoms with Crippen LogP contribution in [0.2, 0.25) is 0 Å². The third-order valence-electron chi connectivity index (χ3n) is 0.586. The van der Waals surface area contributed by atoms with Crippen LogP contribution in [-0.4, -0.2) is 21.1 Å². The van der Waals surface area contributed by atoms with Gasteiger partial charge in [0.1, 0.15) is 12.7 Å². The summed E-state index contributed by atoms with van der Waals surface area (Å²) < 4.78 is 1.44. The van der Waals surface area contributed by atoms with Gasteiger partial charge >= 0.3 is 0 Å². The van der Waals surface area contributed by atoms with Crippen LogP contribution in [0.25, 0.3) is 0 Å². The summed E-state index contributed by atoms with van der Waals surface area (Å²) in [5.41, 5.74) is 0. The highest BCUT2D eigenvalue weighted by molar-refractivity contribution is 5.52. The molecule has 1 N–H and O–H groups in total. The molecule has 0 bridgehead atoms. The fourth-order valence-corrected chi connectivity index (χ4v) is 0.275. The second-order valence-electron chi connectivity index (χ2n) is 1.04. The topological polar surface area (TPSA) is 54.6 Å². The van der Waals surface area contributed by atoms with Crippen molar-refractivity contribution >= 4 is 6.34 Å². The first-order valence-electron chi connectivity index (χ1n) is 1.78. The third kappa shape index (κ3) is 0.623. The van der Waals surface area contributed by atoms with Gasteiger partial charge in [0.2, 0.25) is 0 Å². The minimum absolute atomic E-state index is 1.12. The van der Waals surface area contributed by atoms with Crippen LogP contribution < -0.4 is 0 Å². The molecule has 1 rings (SSSR count). The van der Waals surface area contributed by atoms with E-state index in [1.54, 1.807) is 0 Å². The van der Waals surface area contributed by atoms with Crippen LogP contribution in [0.3, 0.4) is 0 Å². The molecule has 0 aliphatic rings. The van der Waals surface area contributed by atoms with E-state index in [4.69, 9.17) is 5.41 Å². The van der Waals surface area contributed by atoms with Crippen molar-refractivity contribution in [1.29, 1.82) is 5.41 Å². The minimum atomic E-state index is 1.12. The molecule has 1 aromatic heterocycles. The molecule has 0 unspecified atom stereocenters. The third-order valence-corrected chi connectivity index (χ3v) is 0.586. The highest BCUT2D eigenvalue weighted by Crippen LogP contribution is 1.68. The lowest BCUT2D eigenvalue weighted by molar-refractivity contribution is 1.09. The van der Waals surface area contributed by atoms with Gasteiger partial charge in [-0.3, -0.25) is 9.98 Å². The van der Waals surface area contributed by atoms with Crippen LogP contribution in [0.15, 0.2) is 12.7 Å². The zero-order valence-electron chi connectivity index (χ0n) is 3.57. The fraction of sp³-hybridized carbons (Fsp3) is 0.